The summed E-state index contributed by atoms with van der Waals surface area (Å²) in [6.45, 7) is 5.88. The van der Waals surface area contributed by atoms with Gasteiger partial charge in [-0.3, -0.25) is 4.79 Å². The van der Waals surface area contributed by atoms with Crippen LogP contribution in [-0.2, 0) is 19.5 Å². The van der Waals surface area contributed by atoms with Crippen molar-refractivity contribution in [3.8, 4) is 5.75 Å². The summed E-state index contributed by atoms with van der Waals surface area (Å²) in [5.74, 6) is -8.62. The summed E-state index contributed by atoms with van der Waals surface area (Å²) in [5, 5.41) is -1.88. The summed E-state index contributed by atoms with van der Waals surface area (Å²) in [4.78, 5) is 11.1. The van der Waals surface area contributed by atoms with Crippen molar-refractivity contribution in [3.05, 3.63) is 28.8 Å². The fraction of sp³-hybridized carbons (Fsp3) is 0.562. The fourth-order valence-corrected chi connectivity index (χ4v) is 3.69. The summed E-state index contributed by atoms with van der Waals surface area (Å²) >= 11 is -1.74. The highest BCUT2D eigenvalue weighted by atomic mass is 32.2. The van der Waals surface area contributed by atoms with Crippen molar-refractivity contribution < 1.29 is 58.4 Å². The van der Waals surface area contributed by atoms with Crippen LogP contribution in [0.15, 0.2) is 12.1 Å². The summed E-state index contributed by atoms with van der Waals surface area (Å²) in [7, 11) is -6.73. The van der Waals surface area contributed by atoms with Crippen molar-refractivity contribution >= 4 is 28.4 Å². The van der Waals surface area contributed by atoms with E-state index in [1.165, 1.54) is 27.7 Å². The van der Waals surface area contributed by atoms with Crippen LogP contribution in [0.3, 0.4) is 0 Å². The van der Waals surface area contributed by atoms with Gasteiger partial charge in [-0.05, 0) is 35.1 Å². The molecule has 1 rings (SSSR count). The lowest BCUT2D eigenvalue weighted by molar-refractivity contribution is -0.434. The van der Waals surface area contributed by atoms with Crippen molar-refractivity contribution in [2.24, 2.45) is 0 Å². The molecule has 0 saturated heterocycles. The fourth-order valence-electron chi connectivity index (χ4n) is 2.32. The highest BCUT2D eigenvalue weighted by Crippen LogP contribution is 2.54. The van der Waals surface area contributed by atoms with E-state index in [1.54, 1.807) is 0 Å². The number of aldehydes is 1. The lowest BCUT2D eigenvalue weighted by Gasteiger charge is -2.30. The third-order valence-electron chi connectivity index (χ3n) is 3.96. The lowest BCUT2D eigenvalue weighted by Crippen LogP contribution is -2.57. The molecular weight excluding hydrogens is 482 g/mol. The van der Waals surface area contributed by atoms with Crippen LogP contribution in [0.2, 0.25) is 0 Å². The molecule has 1 aromatic rings. The van der Waals surface area contributed by atoms with E-state index < -0.39 is 56.2 Å². The van der Waals surface area contributed by atoms with Crippen LogP contribution in [0.25, 0.3) is 0 Å². The van der Waals surface area contributed by atoms with Gasteiger partial charge in [0.1, 0.15) is 24.1 Å². The van der Waals surface area contributed by atoms with E-state index in [0.717, 1.165) is 12.1 Å². The third-order valence-corrected chi connectivity index (χ3v) is 5.82. The Hall–Kier alpha value is -1.55. The first-order valence-corrected chi connectivity index (χ1v) is 10.5. The van der Waals surface area contributed by atoms with E-state index >= 15 is 0 Å². The highest BCUT2D eigenvalue weighted by molar-refractivity contribution is 7.95. The Morgan fingerprint density at radius 3 is 1.81 bits per heavy atom. The second kappa shape index (κ2) is 9.52. The minimum Gasteiger partial charge on any atom is -0.377 e. The van der Waals surface area contributed by atoms with Gasteiger partial charge in [-0.25, -0.2) is 5.26 Å². The molecule has 0 aromatic heterocycles. The maximum atomic E-state index is 14.2. The average molecular weight is 500 g/mol. The van der Waals surface area contributed by atoms with Crippen molar-refractivity contribution in [2.45, 2.75) is 56.0 Å². The molecule has 0 saturated carbocycles. The smallest absolute Gasteiger partial charge is 0.377 e. The monoisotopic (exact) mass is 500 g/mol. The van der Waals surface area contributed by atoms with E-state index in [1.807, 2.05) is 0 Å². The molecule has 0 unspecified atom stereocenters. The molecule has 1 aromatic carbocycles. The largest absolute Gasteiger partial charge is 0.450 e. The van der Waals surface area contributed by atoms with Gasteiger partial charge >= 0.3 is 26.5 Å². The van der Waals surface area contributed by atoms with Gasteiger partial charge in [0.2, 0.25) is 0 Å². The molecule has 0 aliphatic carbocycles. The summed E-state index contributed by atoms with van der Waals surface area (Å²) in [6, 6.07) is 2.20. The molecule has 0 radical (unpaired) electrons. The van der Waals surface area contributed by atoms with E-state index in [9.17, 15) is 39.6 Å². The van der Waals surface area contributed by atoms with Gasteiger partial charge < -0.3 is 4.18 Å². The number of benzene rings is 1. The summed E-state index contributed by atoms with van der Waals surface area (Å²) in [6.07, 6.45) is 0.389. The van der Waals surface area contributed by atoms with Crippen LogP contribution in [0.5, 0.6) is 5.75 Å². The molecule has 178 valence electrons. The minimum absolute atomic E-state index is 0.0262. The second-order valence-electron chi connectivity index (χ2n) is 6.83. The Morgan fingerprint density at radius 2 is 1.45 bits per heavy atom. The highest BCUT2D eigenvalue weighted by Gasteiger charge is 2.80. The zero-order chi connectivity index (χ0) is 24.4. The molecule has 0 bridgehead atoms. The van der Waals surface area contributed by atoms with Crippen LogP contribution in [-0.4, -0.2) is 36.4 Å². The SMILES string of the molecule is CC(C)c1cc(C=O)cc(C(C)C)c1OS(=O)(=O)C(F)(F)C(F)(F)C(F)(F)SOOO. The summed E-state index contributed by atoms with van der Waals surface area (Å²) in [5.41, 5.74) is -0.179. The van der Waals surface area contributed by atoms with Crippen molar-refractivity contribution in [1.29, 1.82) is 0 Å². The Morgan fingerprint density at radius 1 is 1.00 bits per heavy atom. The van der Waals surface area contributed by atoms with E-state index in [-0.39, 0.29) is 16.7 Å². The molecule has 31 heavy (non-hydrogen) atoms. The van der Waals surface area contributed by atoms with E-state index in [4.69, 9.17) is 5.26 Å². The molecule has 7 nitrogen and oxygen atoms in total. The van der Waals surface area contributed by atoms with Crippen LogP contribution >= 0.6 is 12.0 Å². The van der Waals surface area contributed by atoms with Gasteiger partial charge in [0.05, 0.1) is 0 Å². The number of hydrogen-bond donors (Lipinski definition) is 1. The Balaban J connectivity index is 3.62. The lowest BCUT2D eigenvalue weighted by atomic mass is 9.92. The minimum atomic E-state index is -6.73. The number of halogens is 6. The molecule has 0 fully saturated rings. The summed E-state index contributed by atoms with van der Waals surface area (Å²) < 4.78 is 115. The molecule has 0 amide bonds. The predicted octanol–water partition coefficient (Wildman–Crippen LogP) is 5.34. The zero-order valence-corrected chi connectivity index (χ0v) is 18.0. The maximum Gasteiger partial charge on any atom is 0.450 e. The van der Waals surface area contributed by atoms with Crippen LogP contribution in [0.1, 0.15) is 61.0 Å². The Bertz CT molecular complexity index is 875. The van der Waals surface area contributed by atoms with Gasteiger partial charge in [0.25, 0.3) is 0 Å². The van der Waals surface area contributed by atoms with Crippen molar-refractivity contribution in [1.82, 2.24) is 0 Å². The van der Waals surface area contributed by atoms with Gasteiger partial charge in [0.15, 0.2) is 0 Å². The topological polar surface area (TPSA) is 99.1 Å². The van der Waals surface area contributed by atoms with Crippen LogP contribution in [0.4, 0.5) is 26.3 Å². The first-order chi connectivity index (χ1) is 14.0. The van der Waals surface area contributed by atoms with Crippen LogP contribution < -0.4 is 4.18 Å². The third kappa shape index (κ3) is 5.27. The molecule has 0 spiro atoms. The molecule has 0 heterocycles. The maximum absolute atomic E-state index is 14.2. The number of alkyl halides is 6. The molecule has 0 aliphatic rings. The predicted molar refractivity (Wildman–Crippen MR) is 96.8 cm³/mol. The number of rotatable bonds is 11. The average Bonchev–Trinajstić information content (AvgIpc) is 2.65. The molecular formula is C16H18F6O7S2. The quantitative estimate of drug-likeness (QED) is 0.109. The second-order valence-corrected chi connectivity index (χ2v) is 9.23. The van der Waals surface area contributed by atoms with Crippen molar-refractivity contribution in [2.75, 3.05) is 0 Å². The zero-order valence-electron chi connectivity index (χ0n) is 16.4. The Labute approximate surface area is 177 Å². The van der Waals surface area contributed by atoms with Gasteiger partial charge in [-0.2, -0.15) is 34.8 Å². The van der Waals surface area contributed by atoms with Gasteiger partial charge in [-0.15, -0.1) is 4.33 Å². The first kappa shape index (κ1) is 27.5. The number of hydrogen-bond acceptors (Lipinski definition) is 8. The molecule has 0 atom stereocenters. The normalized spacial score (nSPS) is 13.7. The van der Waals surface area contributed by atoms with Gasteiger partial charge in [0, 0.05) is 5.56 Å². The molecule has 0 aliphatic heterocycles. The van der Waals surface area contributed by atoms with Crippen LogP contribution in [0, 0.1) is 0 Å². The van der Waals surface area contributed by atoms with Gasteiger partial charge in [-0.1, -0.05) is 32.7 Å². The molecule has 1 N–H and O–H groups in total. The van der Waals surface area contributed by atoms with Crippen molar-refractivity contribution in [3.63, 3.8) is 0 Å². The Kier molecular flexibility index (Phi) is 8.44. The number of carbonyl (C=O) groups is 1. The van der Waals surface area contributed by atoms with E-state index in [0.29, 0.717) is 6.29 Å². The molecule has 15 heteroatoms. The first-order valence-electron chi connectivity index (χ1n) is 8.33. The standard InChI is InChI=1S/C16H18F6O7S2/c1-8(2)11-5-10(7-23)6-12(9(3)4)13(11)27-31(25,26)16(21,22)14(17,18)15(19,20)30-29-28-24/h5-9,24H,1-4H3. The van der Waals surface area contributed by atoms with E-state index in [2.05, 4.69) is 13.6 Å². The number of carbonyl (C=O) groups excluding carboxylic acids is 1.